The zero-order valence-electron chi connectivity index (χ0n) is 16.1. The van der Waals surface area contributed by atoms with Crippen LogP contribution in [0.5, 0.6) is 5.75 Å². The highest BCUT2D eigenvalue weighted by molar-refractivity contribution is 5.21. The van der Waals surface area contributed by atoms with E-state index in [9.17, 15) is 0 Å². The molecule has 0 amide bonds. The van der Waals surface area contributed by atoms with Gasteiger partial charge in [0.15, 0.2) is 6.29 Å². The normalized spacial score (nSPS) is 14.6. The molecule has 0 heterocycles. The predicted octanol–water partition coefficient (Wildman–Crippen LogP) is 1.82. The number of para-hydroxylation sites is 1. The summed E-state index contributed by atoms with van der Waals surface area (Å²) < 4.78 is 12.9. The highest BCUT2D eigenvalue weighted by Crippen LogP contribution is 2.31. The molecule has 0 saturated carbocycles. The third-order valence-corrected chi connectivity index (χ3v) is 4.39. The number of hydrogen-bond donors (Lipinski definition) is 0. The van der Waals surface area contributed by atoms with Crippen LogP contribution in [0, 0.1) is 0 Å². The molecule has 3 unspecified atom stereocenters. The van der Waals surface area contributed by atoms with E-state index in [4.69, 9.17) is 9.47 Å². The highest BCUT2D eigenvalue weighted by atomic mass is 35.5. The molecule has 0 bridgehead atoms. The zero-order chi connectivity index (χ0) is 18.3. The van der Waals surface area contributed by atoms with E-state index in [0.29, 0.717) is 0 Å². The molecule has 0 aliphatic heterocycles. The summed E-state index contributed by atoms with van der Waals surface area (Å²) in [4.78, 5) is 0. The molecule has 2 rings (SSSR count). The molecule has 0 spiro atoms. The van der Waals surface area contributed by atoms with Crippen molar-refractivity contribution in [2.24, 2.45) is 0 Å². The van der Waals surface area contributed by atoms with E-state index in [0.717, 1.165) is 16.8 Å². The fraction of sp³-hybridized carbons (Fsp3) is 0.364. The van der Waals surface area contributed by atoms with Crippen molar-refractivity contribution in [3.05, 3.63) is 78.9 Å². The number of benzene rings is 2. The zero-order valence-corrected chi connectivity index (χ0v) is 16.9. The molecule has 3 atom stereocenters. The van der Waals surface area contributed by atoms with Crippen LogP contribution in [-0.4, -0.2) is 37.5 Å². The minimum absolute atomic E-state index is 0. The molecule has 0 aliphatic carbocycles. The summed E-state index contributed by atoms with van der Waals surface area (Å²) in [6, 6.07) is 20.5. The standard InChI is InChI=1S/C22H30NO2.ClH/c1-6-17-23(4,5)22(20-13-9-7-10-14-20)18(2)24-19(3)25-21-15-11-8-12-16-21;/h6-16,18-19,22H,1,17H2,2-5H3;1H/q+1;/p-1. The van der Waals surface area contributed by atoms with Crippen LogP contribution < -0.4 is 17.1 Å². The third kappa shape index (κ3) is 6.17. The van der Waals surface area contributed by atoms with E-state index in [1.165, 1.54) is 5.56 Å². The molecule has 4 heteroatoms. The van der Waals surface area contributed by atoms with Crippen LogP contribution in [0.25, 0.3) is 0 Å². The number of quaternary nitrogens is 1. The molecule has 0 N–H and O–H groups in total. The van der Waals surface area contributed by atoms with E-state index in [1.807, 2.05) is 49.4 Å². The van der Waals surface area contributed by atoms with Crippen molar-refractivity contribution >= 4 is 0 Å². The van der Waals surface area contributed by atoms with Crippen LogP contribution in [0.1, 0.15) is 25.5 Å². The number of rotatable bonds is 9. The van der Waals surface area contributed by atoms with Gasteiger partial charge in [-0.2, -0.15) is 0 Å². The lowest BCUT2D eigenvalue weighted by atomic mass is 9.98. The smallest absolute Gasteiger partial charge is 0.197 e. The van der Waals surface area contributed by atoms with Gasteiger partial charge in [0.05, 0.1) is 20.6 Å². The van der Waals surface area contributed by atoms with Gasteiger partial charge >= 0.3 is 0 Å². The minimum Gasteiger partial charge on any atom is -1.00 e. The molecular formula is C22H30ClNO2. The van der Waals surface area contributed by atoms with Crippen molar-refractivity contribution < 1.29 is 26.4 Å². The predicted molar refractivity (Wildman–Crippen MR) is 103 cm³/mol. The lowest BCUT2D eigenvalue weighted by Gasteiger charge is -2.41. The third-order valence-electron chi connectivity index (χ3n) is 4.39. The van der Waals surface area contributed by atoms with Gasteiger partial charge in [-0.3, -0.25) is 0 Å². The summed E-state index contributed by atoms with van der Waals surface area (Å²) in [5.74, 6) is 0.818. The van der Waals surface area contributed by atoms with Gasteiger partial charge in [-0.1, -0.05) is 55.1 Å². The van der Waals surface area contributed by atoms with Crippen LogP contribution in [0.3, 0.4) is 0 Å². The Hall–Kier alpha value is -1.81. The summed E-state index contributed by atoms with van der Waals surface area (Å²) in [5, 5.41) is 0. The second-order valence-corrected chi connectivity index (χ2v) is 6.95. The molecule has 26 heavy (non-hydrogen) atoms. The van der Waals surface area contributed by atoms with Gasteiger partial charge in [0.1, 0.15) is 17.9 Å². The number of nitrogens with zero attached hydrogens (tertiary/aromatic N) is 1. The average molecular weight is 376 g/mol. The molecule has 0 fully saturated rings. The molecule has 0 saturated heterocycles. The fourth-order valence-electron chi connectivity index (χ4n) is 3.43. The summed E-state index contributed by atoms with van der Waals surface area (Å²) in [5.41, 5.74) is 1.26. The monoisotopic (exact) mass is 375 g/mol. The number of hydrogen-bond acceptors (Lipinski definition) is 2. The molecular weight excluding hydrogens is 346 g/mol. The lowest BCUT2D eigenvalue weighted by Crippen LogP contribution is -3.00. The molecule has 2 aromatic carbocycles. The second kappa shape index (κ2) is 10.4. The number of halogens is 1. The van der Waals surface area contributed by atoms with Crippen molar-refractivity contribution in [3.8, 4) is 5.75 Å². The topological polar surface area (TPSA) is 18.5 Å². The Bertz CT molecular complexity index is 646. The molecule has 2 aromatic rings. The Morgan fingerprint density at radius 1 is 0.962 bits per heavy atom. The molecule has 0 aliphatic rings. The van der Waals surface area contributed by atoms with E-state index < -0.39 is 0 Å². The first-order chi connectivity index (χ1) is 11.9. The lowest BCUT2D eigenvalue weighted by molar-refractivity contribution is -0.919. The van der Waals surface area contributed by atoms with Crippen LogP contribution in [0.2, 0.25) is 0 Å². The van der Waals surface area contributed by atoms with Crippen molar-refractivity contribution in [1.29, 1.82) is 0 Å². The Kier molecular flexibility index (Phi) is 8.86. The van der Waals surface area contributed by atoms with E-state index >= 15 is 0 Å². The summed E-state index contributed by atoms with van der Waals surface area (Å²) >= 11 is 0. The van der Waals surface area contributed by atoms with Gasteiger partial charge in [0.2, 0.25) is 0 Å². The van der Waals surface area contributed by atoms with Gasteiger partial charge < -0.3 is 26.4 Å². The van der Waals surface area contributed by atoms with Crippen molar-refractivity contribution in [2.45, 2.75) is 32.3 Å². The second-order valence-electron chi connectivity index (χ2n) is 6.95. The maximum atomic E-state index is 6.23. The first-order valence-electron chi connectivity index (χ1n) is 8.79. The van der Waals surface area contributed by atoms with Gasteiger partial charge in [-0.15, -0.1) is 0 Å². The average Bonchev–Trinajstić information content (AvgIpc) is 2.56. The van der Waals surface area contributed by atoms with Gasteiger partial charge in [0.25, 0.3) is 0 Å². The van der Waals surface area contributed by atoms with Gasteiger partial charge in [-0.25, -0.2) is 0 Å². The summed E-state index contributed by atoms with van der Waals surface area (Å²) in [7, 11) is 4.42. The highest BCUT2D eigenvalue weighted by Gasteiger charge is 2.35. The van der Waals surface area contributed by atoms with Crippen LogP contribution in [-0.2, 0) is 4.74 Å². The maximum absolute atomic E-state index is 6.23. The quantitative estimate of drug-likeness (QED) is 0.378. The largest absolute Gasteiger partial charge is 1.00 e. The molecule has 3 nitrogen and oxygen atoms in total. The Morgan fingerprint density at radius 2 is 1.50 bits per heavy atom. The van der Waals surface area contributed by atoms with E-state index in [2.05, 4.69) is 51.9 Å². The van der Waals surface area contributed by atoms with Gasteiger partial charge in [-0.05, 0) is 32.1 Å². The van der Waals surface area contributed by atoms with Crippen LogP contribution in [0.4, 0.5) is 0 Å². The molecule has 0 radical (unpaired) electrons. The molecule has 0 aromatic heterocycles. The van der Waals surface area contributed by atoms with Crippen molar-refractivity contribution in [2.75, 3.05) is 20.6 Å². The maximum Gasteiger partial charge on any atom is 0.197 e. The Balaban J connectivity index is 0.00000338. The summed E-state index contributed by atoms with van der Waals surface area (Å²) in [6.45, 7) is 8.84. The first kappa shape index (κ1) is 22.2. The Morgan fingerprint density at radius 3 is 2.04 bits per heavy atom. The van der Waals surface area contributed by atoms with E-state index in [-0.39, 0.29) is 30.8 Å². The van der Waals surface area contributed by atoms with E-state index in [1.54, 1.807) is 0 Å². The van der Waals surface area contributed by atoms with Crippen LogP contribution >= 0.6 is 0 Å². The van der Waals surface area contributed by atoms with Gasteiger partial charge in [0, 0.05) is 5.56 Å². The van der Waals surface area contributed by atoms with Crippen molar-refractivity contribution in [1.82, 2.24) is 0 Å². The minimum atomic E-state index is -0.327. The SMILES string of the molecule is C=CC[N+](C)(C)C(c1ccccc1)C(C)OC(C)Oc1ccccc1.[Cl-]. The first-order valence-corrected chi connectivity index (χ1v) is 8.79. The fourth-order valence-corrected chi connectivity index (χ4v) is 3.43. The Labute approximate surface area is 164 Å². The number of ether oxygens (including phenoxy) is 2. The van der Waals surface area contributed by atoms with Crippen molar-refractivity contribution in [3.63, 3.8) is 0 Å². The number of likely N-dealkylation sites (N-methyl/N-ethyl adjacent to an activating group) is 1. The summed E-state index contributed by atoms with van der Waals surface area (Å²) in [6.07, 6.45) is 1.62. The van der Waals surface area contributed by atoms with Crippen LogP contribution in [0.15, 0.2) is 73.3 Å². The molecule has 142 valence electrons.